The standard InChI is InChI=1S/C77H101N21O15S/c1-7-41(6)65-76(113)94-58(35-99)67(104)86-34-61(101)88-52(21-14-24-83-77(80)81)68(105)92-57(30-60(78)100)70(107)91-55(28-46-32-85-51-20-13-11-18-49(46)51)73(110)96-63(39(2)3)74(111)93-56(29-47-33-82-38-87-47)69(106)90-54(27-45-31-84-50-19-12-10-17-48(45)50)72(109)97-64(40(4)5)75(112)95-59(66(79)103)36-114-37-62(102)89-53(71(108)98-65)26-42-22-23-43-15-8-9-16-44(43)25-42/h8-13,15-20,22-23,25,31-33,38-41,52-59,63-65,84-85,99H,7,14,21,24,26-30,34-37H2,1-6H3,(H2,78,100)(H2,79,103)(H,82,87)(H,86,104)(H,88,101)(H,89,102)(H,90,106)(H,91,107)(H,92,105)(H,93,111)(H,94,113)(H,95,112)(H,96,110)(H,97,109)(H,98,108)(H4,80,81,83)/t41-,52-,53-,54-,55-,56-,57-,58-,59-,63-,64-,65-/m0/s1. The van der Waals surface area contributed by atoms with E-state index in [1.807, 2.05) is 36.4 Å². The number of aliphatic hydroxyl groups is 1. The number of imidazole rings is 1. The summed E-state index contributed by atoms with van der Waals surface area (Å²) in [4.78, 5) is 215. The largest absolute Gasteiger partial charge is 0.394 e. The van der Waals surface area contributed by atoms with Crippen LogP contribution in [0.3, 0.4) is 0 Å². The maximum Gasteiger partial charge on any atom is 0.245 e. The van der Waals surface area contributed by atoms with Crippen molar-refractivity contribution in [2.45, 2.75) is 159 Å². The Hall–Kier alpha value is -12.4. The van der Waals surface area contributed by atoms with E-state index in [2.05, 4.69) is 89.1 Å². The molecule has 24 N–H and O–H groups in total. The Morgan fingerprint density at radius 2 is 1.03 bits per heavy atom. The molecule has 0 radical (unpaired) electrons. The first-order chi connectivity index (χ1) is 54.4. The molecule has 37 heteroatoms. The number of thioether (sulfide) groups is 1. The van der Waals surface area contributed by atoms with E-state index >= 15 is 19.2 Å². The van der Waals surface area contributed by atoms with Gasteiger partial charge in [0.05, 0.1) is 37.3 Å². The summed E-state index contributed by atoms with van der Waals surface area (Å²) in [7, 11) is 0. The number of amides is 14. The highest BCUT2D eigenvalue weighted by molar-refractivity contribution is 8.00. The number of nitrogens with two attached hydrogens (primary N) is 3. The molecule has 12 atom stereocenters. The fourth-order valence-corrected chi connectivity index (χ4v) is 13.7. The number of para-hydroxylation sites is 2. The van der Waals surface area contributed by atoms with Crippen molar-refractivity contribution in [1.29, 1.82) is 5.41 Å². The number of guanidine groups is 1. The SMILES string of the molecule is CC[C@H](C)[C@@H]1NC(=O)[C@H](Cc2ccc3ccccc3c2)NC(=O)CSC[C@@H](C(N)=O)NC(=O)[C@H](C(C)C)NC(=O)[C@H](Cc2c[nH]c3ccccc23)NC(=O)[C@H](Cc2c[nH]cn2)NC(=O)[C@H](C(C)C)NC(=O)[C@H](Cc2c[nH]c3ccccc23)NC(=O)[C@H](CC(N)=O)NC(=O)[C@H](CCCNC(=N)N)NC(=O)CNC(=O)[C@H](CO)NC1=O. The van der Waals surface area contributed by atoms with Crippen LogP contribution in [0.2, 0.25) is 0 Å². The van der Waals surface area contributed by atoms with Gasteiger partial charge in [-0.3, -0.25) is 72.5 Å². The second-order valence-corrected chi connectivity index (χ2v) is 29.7. The van der Waals surface area contributed by atoms with E-state index < -0.39 is 198 Å². The second kappa shape index (κ2) is 41.7. The number of hydrogen-bond donors (Lipinski definition) is 21. The number of carbonyl (C=O) groups excluding carboxylic acids is 14. The molecule has 4 heterocycles. The molecule has 8 rings (SSSR count). The number of fused-ring (bicyclic) bond motifs is 3. The van der Waals surface area contributed by atoms with Gasteiger partial charge in [0, 0.05) is 78.4 Å². The average Bonchev–Trinajstić information content (AvgIpc) is 1.70. The molecule has 0 aliphatic carbocycles. The van der Waals surface area contributed by atoms with Gasteiger partial charge in [-0.25, -0.2) is 4.98 Å². The molecule has 610 valence electrons. The molecule has 14 amide bonds. The summed E-state index contributed by atoms with van der Waals surface area (Å²) in [6.07, 6.45) is 4.25. The Morgan fingerprint density at radius 1 is 0.535 bits per heavy atom. The number of carbonyl (C=O) groups is 14. The van der Waals surface area contributed by atoms with E-state index in [0.717, 1.165) is 22.5 Å². The molecule has 1 aliphatic heterocycles. The van der Waals surface area contributed by atoms with Gasteiger partial charge in [-0.2, -0.15) is 0 Å². The molecule has 4 aromatic carbocycles. The molecule has 0 saturated carbocycles. The summed E-state index contributed by atoms with van der Waals surface area (Å²) in [5.41, 5.74) is 20.3. The smallest absolute Gasteiger partial charge is 0.245 e. The number of aromatic amines is 3. The lowest BCUT2D eigenvalue weighted by Crippen LogP contribution is -2.62. The quantitative estimate of drug-likeness (QED) is 0.0222. The van der Waals surface area contributed by atoms with Crippen LogP contribution in [0.5, 0.6) is 0 Å². The van der Waals surface area contributed by atoms with Crippen molar-refractivity contribution >= 4 is 133 Å². The number of aromatic nitrogens is 4. The fourth-order valence-electron chi connectivity index (χ4n) is 12.9. The third-order valence-electron chi connectivity index (χ3n) is 19.3. The van der Waals surface area contributed by atoms with Crippen LogP contribution in [-0.2, 0) is 92.8 Å². The molecule has 0 bridgehead atoms. The van der Waals surface area contributed by atoms with Gasteiger partial charge in [-0.1, -0.05) is 127 Å². The van der Waals surface area contributed by atoms with Crippen molar-refractivity contribution in [3.05, 3.63) is 138 Å². The van der Waals surface area contributed by atoms with E-state index in [1.165, 1.54) is 12.5 Å². The number of hydrogen-bond acceptors (Lipinski definition) is 18. The molecule has 1 aliphatic rings. The lowest BCUT2D eigenvalue weighted by molar-refractivity contribution is -0.137. The third kappa shape index (κ3) is 25.0. The van der Waals surface area contributed by atoms with E-state index in [-0.39, 0.29) is 62.9 Å². The van der Waals surface area contributed by atoms with Gasteiger partial charge in [0.1, 0.15) is 66.5 Å². The van der Waals surface area contributed by atoms with Gasteiger partial charge in [0.15, 0.2) is 5.96 Å². The van der Waals surface area contributed by atoms with Crippen LogP contribution in [0.25, 0.3) is 32.6 Å². The van der Waals surface area contributed by atoms with Crippen LogP contribution < -0.4 is 86.3 Å². The first-order valence-electron chi connectivity index (χ1n) is 37.4. The topological polar surface area (TPSA) is 578 Å². The summed E-state index contributed by atoms with van der Waals surface area (Å²) in [6.45, 7) is 7.80. The Balaban J connectivity index is 1.15. The zero-order valence-corrected chi connectivity index (χ0v) is 64.8. The van der Waals surface area contributed by atoms with Crippen molar-refractivity contribution in [3.8, 4) is 0 Å². The summed E-state index contributed by atoms with van der Waals surface area (Å²) in [6, 6.07) is 9.75. The molecule has 114 heavy (non-hydrogen) atoms. The van der Waals surface area contributed by atoms with Crippen molar-refractivity contribution in [2.75, 3.05) is 31.2 Å². The normalized spacial score (nSPS) is 23.0. The first-order valence-corrected chi connectivity index (χ1v) is 38.5. The molecule has 1 saturated heterocycles. The van der Waals surface area contributed by atoms with E-state index in [0.29, 0.717) is 38.5 Å². The minimum atomic E-state index is -1.88. The average molecular weight is 1590 g/mol. The third-order valence-corrected chi connectivity index (χ3v) is 20.4. The molecule has 3 aromatic heterocycles. The molecule has 0 unspecified atom stereocenters. The lowest BCUT2D eigenvalue weighted by Gasteiger charge is -2.29. The fraction of sp³-hybridized carbons (Fsp3) is 0.429. The van der Waals surface area contributed by atoms with Crippen molar-refractivity contribution in [3.63, 3.8) is 0 Å². The number of rotatable bonds is 20. The first kappa shape index (κ1) is 87.2. The molecule has 0 spiro atoms. The van der Waals surface area contributed by atoms with Crippen molar-refractivity contribution < 1.29 is 72.2 Å². The van der Waals surface area contributed by atoms with Crippen LogP contribution in [0.4, 0.5) is 0 Å². The monoisotopic (exact) mass is 1590 g/mol. The Bertz CT molecular complexity index is 4620. The highest BCUT2D eigenvalue weighted by Gasteiger charge is 2.39. The molecule has 36 nitrogen and oxygen atoms in total. The summed E-state index contributed by atoms with van der Waals surface area (Å²) < 4.78 is 0. The molecular weight excluding hydrogens is 1490 g/mol. The van der Waals surface area contributed by atoms with Crippen LogP contribution in [-0.4, -0.2) is 211 Å². The lowest BCUT2D eigenvalue weighted by atomic mass is 9.96. The minimum Gasteiger partial charge on any atom is -0.394 e. The van der Waals surface area contributed by atoms with E-state index in [9.17, 15) is 53.1 Å². The zero-order valence-electron chi connectivity index (χ0n) is 64.0. The van der Waals surface area contributed by atoms with Crippen LogP contribution in [0, 0.1) is 23.2 Å². The molecular formula is C77H101N21O15S. The predicted molar refractivity (Wildman–Crippen MR) is 424 cm³/mol. The van der Waals surface area contributed by atoms with Crippen molar-refractivity contribution in [1.82, 2.24) is 89.1 Å². The van der Waals surface area contributed by atoms with Gasteiger partial charge in [0.25, 0.3) is 0 Å². The summed E-state index contributed by atoms with van der Waals surface area (Å²) >= 11 is 0.860. The Morgan fingerprint density at radius 3 is 1.58 bits per heavy atom. The zero-order chi connectivity index (χ0) is 82.9. The van der Waals surface area contributed by atoms with Crippen LogP contribution >= 0.6 is 11.8 Å². The summed E-state index contributed by atoms with van der Waals surface area (Å²) in [5.74, 6) is -17.0. The Labute approximate surface area is 660 Å². The predicted octanol–water partition coefficient (Wildman–Crippen LogP) is -2.03. The number of aliphatic hydroxyl groups excluding tert-OH is 1. The molecule has 7 aromatic rings. The van der Waals surface area contributed by atoms with Gasteiger partial charge in [-0.05, 0) is 70.2 Å². The highest BCUT2D eigenvalue weighted by atomic mass is 32.2. The maximum atomic E-state index is 15.2. The number of benzene rings is 4. The van der Waals surface area contributed by atoms with Gasteiger partial charge in [-0.15, -0.1) is 11.8 Å². The van der Waals surface area contributed by atoms with Gasteiger partial charge in [0.2, 0.25) is 82.7 Å². The van der Waals surface area contributed by atoms with Crippen molar-refractivity contribution in [2.24, 2.45) is 35.0 Å². The highest BCUT2D eigenvalue weighted by Crippen LogP contribution is 2.24. The van der Waals surface area contributed by atoms with E-state index in [4.69, 9.17) is 22.6 Å². The number of nitrogens with zero attached hydrogens (tertiary/aromatic N) is 1. The number of nitrogens with one attached hydrogen (secondary N) is 17. The van der Waals surface area contributed by atoms with Gasteiger partial charge >= 0.3 is 0 Å². The van der Waals surface area contributed by atoms with Crippen LogP contribution in [0.15, 0.2) is 116 Å². The second-order valence-electron chi connectivity index (χ2n) is 28.7. The maximum absolute atomic E-state index is 15.2. The number of H-pyrrole nitrogens is 3. The number of primary amides is 2. The summed E-state index contributed by atoms with van der Waals surface area (Å²) in [5, 5.41) is 55.1. The van der Waals surface area contributed by atoms with E-state index in [1.54, 1.807) is 109 Å². The minimum absolute atomic E-state index is 0.0173. The van der Waals surface area contributed by atoms with Gasteiger partial charge < -0.3 is 106 Å². The Kier molecular flexibility index (Phi) is 31.9. The van der Waals surface area contributed by atoms with Crippen LogP contribution in [0.1, 0.15) is 89.6 Å². The molecule has 1 fully saturated rings.